The molecule has 1 unspecified atom stereocenters. The summed E-state index contributed by atoms with van der Waals surface area (Å²) in [5.41, 5.74) is 1.24. The van der Waals surface area contributed by atoms with Crippen molar-refractivity contribution in [3.63, 3.8) is 0 Å². The maximum absolute atomic E-state index is 13.2. The number of halogens is 1. The van der Waals surface area contributed by atoms with Gasteiger partial charge in [-0.2, -0.15) is 0 Å². The van der Waals surface area contributed by atoms with Crippen molar-refractivity contribution in [2.24, 2.45) is 0 Å². The minimum absolute atomic E-state index is 0.207. The molecular formula is C13H17FN2O2. The zero-order chi connectivity index (χ0) is 13.1. The van der Waals surface area contributed by atoms with Crippen LogP contribution < -0.4 is 10.2 Å². The highest BCUT2D eigenvalue weighted by Crippen LogP contribution is 2.26. The van der Waals surface area contributed by atoms with E-state index in [9.17, 15) is 9.18 Å². The van der Waals surface area contributed by atoms with Crippen LogP contribution in [0.5, 0.6) is 0 Å². The number of nitrogens with one attached hydrogen (secondary N) is 1. The third kappa shape index (κ3) is 2.79. The van der Waals surface area contributed by atoms with Crippen LogP contribution in [-0.4, -0.2) is 32.7 Å². The Kier molecular flexibility index (Phi) is 3.81. The summed E-state index contributed by atoms with van der Waals surface area (Å²) in [6.45, 7) is 0.613. The molecule has 1 fully saturated rings. The summed E-state index contributed by atoms with van der Waals surface area (Å²) in [6.07, 6.45) is 1.20. The lowest BCUT2D eigenvalue weighted by molar-refractivity contribution is -0.124. The molecule has 0 saturated carbocycles. The first kappa shape index (κ1) is 12.8. The van der Waals surface area contributed by atoms with E-state index < -0.39 is 6.10 Å². The van der Waals surface area contributed by atoms with Crippen molar-refractivity contribution >= 4 is 17.3 Å². The molecule has 1 aromatic rings. The van der Waals surface area contributed by atoms with Gasteiger partial charge in [-0.15, -0.1) is 0 Å². The molecule has 98 valence electrons. The van der Waals surface area contributed by atoms with Crippen LogP contribution >= 0.6 is 0 Å². The SMILES string of the molecule is CN(C)c1ccc(F)cc1NC(=O)C1CCCO1. The molecule has 0 bridgehead atoms. The molecule has 1 aromatic carbocycles. The summed E-state index contributed by atoms with van der Waals surface area (Å²) >= 11 is 0. The number of carbonyl (C=O) groups excluding carboxylic acids is 1. The van der Waals surface area contributed by atoms with Gasteiger partial charge in [0.1, 0.15) is 11.9 Å². The molecule has 0 aromatic heterocycles. The third-order valence-corrected chi connectivity index (χ3v) is 2.92. The molecule has 18 heavy (non-hydrogen) atoms. The van der Waals surface area contributed by atoms with Crippen molar-refractivity contribution in [1.82, 2.24) is 0 Å². The van der Waals surface area contributed by atoms with E-state index in [0.717, 1.165) is 18.5 Å². The molecule has 4 nitrogen and oxygen atoms in total. The van der Waals surface area contributed by atoms with Gasteiger partial charge in [0, 0.05) is 20.7 Å². The normalized spacial score (nSPS) is 18.7. The van der Waals surface area contributed by atoms with Crippen molar-refractivity contribution in [2.45, 2.75) is 18.9 Å². The molecular weight excluding hydrogens is 235 g/mol. The first-order valence-corrected chi connectivity index (χ1v) is 5.97. The summed E-state index contributed by atoms with van der Waals surface area (Å²) < 4.78 is 18.5. The maximum Gasteiger partial charge on any atom is 0.253 e. The number of ether oxygens (including phenoxy) is 1. The second-order valence-electron chi connectivity index (χ2n) is 4.55. The van der Waals surface area contributed by atoms with Crippen LogP contribution in [0.4, 0.5) is 15.8 Å². The lowest BCUT2D eigenvalue weighted by atomic mass is 10.2. The van der Waals surface area contributed by atoms with E-state index in [1.54, 1.807) is 6.07 Å². The summed E-state index contributed by atoms with van der Waals surface area (Å²) in [6, 6.07) is 4.33. The largest absolute Gasteiger partial charge is 0.376 e. The molecule has 5 heteroatoms. The van der Waals surface area contributed by atoms with Crippen LogP contribution in [0, 0.1) is 5.82 Å². The molecule has 1 amide bonds. The van der Waals surface area contributed by atoms with E-state index in [-0.39, 0.29) is 11.7 Å². The van der Waals surface area contributed by atoms with Crippen molar-refractivity contribution in [3.05, 3.63) is 24.0 Å². The molecule has 1 atom stereocenters. The highest BCUT2D eigenvalue weighted by atomic mass is 19.1. The van der Waals surface area contributed by atoms with E-state index in [1.807, 2.05) is 19.0 Å². The van der Waals surface area contributed by atoms with Gasteiger partial charge < -0.3 is 15.0 Å². The number of hydrogen-bond acceptors (Lipinski definition) is 3. The van der Waals surface area contributed by atoms with Gasteiger partial charge in [-0.1, -0.05) is 0 Å². The van der Waals surface area contributed by atoms with Gasteiger partial charge in [0.05, 0.1) is 11.4 Å². The molecule has 1 aliphatic rings. The Balaban J connectivity index is 2.16. The number of nitrogens with zero attached hydrogens (tertiary/aromatic N) is 1. The number of anilines is 2. The average molecular weight is 252 g/mol. The second-order valence-corrected chi connectivity index (χ2v) is 4.55. The lowest BCUT2D eigenvalue weighted by Crippen LogP contribution is -2.27. The Labute approximate surface area is 106 Å². The quantitative estimate of drug-likeness (QED) is 0.894. The first-order chi connectivity index (χ1) is 8.58. The summed E-state index contributed by atoms with van der Waals surface area (Å²) in [5.74, 6) is -0.579. The fourth-order valence-corrected chi connectivity index (χ4v) is 2.00. The maximum atomic E-state index is 13.2. The highest BCUT2D eigenvalue weighted by molar-refractivity contribution is 5.97. The van der Waals surface area contributed by atoms with Crippen LogP contribution in [-0.2, 0) is 9.53 Å². The molecule has 0 aliphatic carbocycles. The summed E-state index contributed by atoms with van der Waals surface area (Å²) in [5, 5.41) is 2.73. The second kappa shape index (κ2) is 5.35. The smallest absolute Gasteiger partial charge is 0.253 e. The standard InChI is InChI=1S/C13H17FN2O2/c1-16(2)11-6-5-9(14)8-10(11)15-13(17)12-4-3-7-18-12/h5-6,8,12H,3-4,7H2,1-2H3,(H,15,17). The zero-order valence-electron chi connectivity index (χ0n) is 10.6. The molecule has 1 heterocycles. The molecule has 1 N–H and O–H groups in total. The van der Waals surface area contributed by atoms with Gasteiger partial charge in [-0.3, -0.25) is 4.79 Å². The Hall–Kier alpha value is -1.62. The highest BCUT2D eigenvalue weighted by Gasteiger charge is 2.24. The zero-order valence-corrected chi connectivity index (χ0v) is 10.6. The minimum Gasteiger partial charge on any atom is -0.376 e. The Morgan fingerprint density at radius 2 is 2.28 bits per heavy atom. The molecule has 1 aliphatic heterocycles. The van der Waals surface area contributed by atoms with Crippen LogP contribution in [0.1, 0.15) is 12.8 Å². The minimum atomic E-state index is -0.414. The number of hydrogen-bond donors (Lipinski definition) is 1. The lowest BCUT2D eigenvalue weighted by Gasteiger charge is -2.19. The number of amides is 1. The van der Waals surface area contributed by atoms with E-state index in [4.69, 9.17) is 4.74 Å². The predicted octanol–water partition coefficient (Wildman–Crippen LogP) is 2.01. The van der Waals surface area contributed by atoms with E-state index >= 15 is 0 Å². The van der Waals surface area contributed by atoms with Gasteiger partial charge in [0.2, 0.25) is 0 Å². The van der Waals surface area contributed by atoms with Crippen molar-refractivity contribution in [2.75, 3.05) is 30.9 Å². The average Bonchev–Trinajstić information content (AvgIpc) is 2.81. The number of benzene rings is 1. The van der Waals surface area contributed by atoms with E-state index in [2.05, 4.69) is 5.32 Å². The van der Waals surface area contributed by atoms with Crippen molar-refractivity contribution < 1.29 is 13.9 Å². The van der Waals surface area contributed by atoms with Gasteiger partial charge in [0.25, 0.3) is 5.91 Å². The Morgan fingerprint density at radius 3 is 2.89 bits per heavy atom. The van der Waals surface area contributed by atoms with Gasteiger partial charge >= 0.3 is 0 Å². The van der Waals surface area contributed by atoms with Crippen LogP contribution in [0.2, 0.25) is 0 Å². The third-order valence-electron chi connectivity index (χ3n) is 2.92. The van der Waals surface area contributed by atoms with E-state index in [1.165, 1.54) is 12.1 Å². The Morgan fingerprint density at radius 1 is 1.50 bits per heavy atom. The fourth-order valence-electron chi connectivity index (χ4n) is 2.00. The summed E-state index contributed by atoms with van der Waals surface area (Å²) in [7, 11) is 3.68. The van der Waals surface area contributed by atoms with Crippen LogP contribution in [0.25, 0.3) is 0 Å². The monoisotopic (exact) mass is 252 g/mol. The van der Waals surface area contributed by atoms with Crippen molar-refractivity contribution in [1.29, 1.82) is 0 Å². The van der Waals surface area contributed by atoms with Gasteiger partial charge in [-0.25, -0.2) is 4.39 Å². The summed E-state index contributed by atoms with van der Waals surface area (Å²) in [4.78, 5) is 13.7. The molecule has 0 radical (unpaired) electrons. The molecule has 1 saturated heterocycles. The van der Waals surface area contributed by atoms with Gasteiger partial charge in [-0.05, 0) is 31.0 Å². The van der Waals surface area contributed by atoms with Crippen LogP contribution in [0.15, 0.2) is 18.2 Å². The topological polar surface area (TPSA) is 41.6 Å². The molecule has 0 spiro atoms. The van der Waals surface area contributed by atoms with E-state index in [0.29, 0.717) is 12.3 Å². The predicted molar refractivity (Wildman–Crippen MR) is 68.3 cm³/mol. The van der Waals surface area contributed by atoms with Crippen molar-refractivity contribution in [3.8, 4) is 0 Å². The fraction of sp³-hybridized carbons (Fsp3) is 0.462. The first-order valence-electron chi connectivity index (χ1n) is 5.97. The molecule has 2 rings (SSSR count). The van der Waals surface area contributed by atoms with Crippen LogP contribution in [0.3, 0.4) is 0 Å². The number of rotatable bonds is 3. The van der Waals surface area contributed by atoms with Gasteiger partial charge in [0.15, 0.2) is 0 Å². The number of carbonyl (C=O) groups is 1. The Bertz CT molecular complexity index is 443.